The zero-order valence-corrected chi connectivity index (χ0v) is 9.89. The van der Waals surface area contributed by atoms with Crippen LogP contribution in [0.1, 0.15) is 32.6 Å². The fourth-order valence-electron chi connectivity index (χ4n) is 1.82. The van der Waals surface area contributed by atoms with E-state index < -0.39 is 9.84 Å². The molecule has 0 aromatic rings. The van der Waals surface area contributed by atoms with Gasteiger partial charge in [0, 0.05) is 12.1 Å². The molecular weight excluding hydrogens is 212 g/mol. The summed E-state index contributed by atoms with van der Waals surface area (Å²) in [6.07, 6.45) is 2.78. The third kappa shape index (κ3) is 4.18. The van der Waals surface area contributed by atoms with Gasteiger partial charge in [0.05, 0.1) is 24.0 Å². The van der Waals surface area contributed by atoms with Crippen LogP contribution in [-0.4, -0.2) is 32.0 Å². The second-order valence-electron chi connectivity index (χ2n) is 4.06. The maximum atomic E-state index is 11.2. The smallest absolute Gasteiger partial charge is 0.150 e. The molecule has 1 N–H and O–H groups in total. The van der Waals surface area contributed by atoms with Crippen LogP contribution in [0.5, 0.6) is 0 Å². The van der Waals surface area contributed by atoms with E-state index in [1.165, 1.54) is 0 Å². The number of hydrogen-bond acceptors (Lipinski definition) is 4. The molecule has 1 aliphatic heterocycles. The quantitative estimate of drug-likeness (QED) is 0.777. The Bertz CT molecular complexity index is 318. The van der Waals surface area contributed by atoms with Crippen molar-refractivity contribution in [1.82, 2.24) is 5.32 Å². The lowest BCUT2D eigenvalue weighted by Crippen LogP contribution is -2.42. The standard InChI is InChI=1S/C10H18N2O2S/c1-2-9(3-6-11)12-10-4-7-15(13,14)8-5-10/h9-10,12H,2-5,7-8H2,1H3. The molecule has 1 saturated heterocycles. The highest BCUT2D eigenvalue weighted by Gasteiger charge is 2.24. The molecular formula is C10H18N2O2S. The number of nitrogens with zero attached hydrogens (tertiary/aromatic N) is 1. The highest BCUT2D eigenvalue weighted by Crippen LogP contribution is 2.13. The Hall–Kier alpha value is -0.600. The average molecular weight is 230 g/mol. The summed E-state index contributed by atoms with van der Waals surface area (Å²) in [5.74, 6) is 0.571. The lowest BCUT2D eigenvalue weighted by molar-refractivity contribution is 0.393. The first-order valence-electron chi connectivity index (χ1n) is 5.41. The van der Waals surface area contributed by atoms with Crippen molar-refractivity contribution in [3.8, 4) is 6.07 Å². The van der Waals surface area contributed by atoms with Gasteiger partial charge in [-0.15, -0.1) is 0 Å². The van der Waals surface area contributed by atoms with E-state index in [1.54, 1.807) is 0 Å². The first kappa shape index (κ1) is 12.5. The summed E-state index contributed by atoms with van der Waals surface area (Å²) in [4.78, 5) is 0. The molecule has 1 fully saturated rings. The minimum Gasteiger partial charge on any atom is -0.310 e. The van der Waals surface area contributed by atoms with E-state index in [4.69, 9.17) is 5.26 Å². The van der Waals surface area contributed by atoms with Crippen molar-refractivity contribution in [2.24, 2.45) is 0 Å². The fraction of sp³-hybridized carbons (Fsp3) is 0.900. The van der Waals surface area contributed by atoms with Crippen molar-refractivity contribution in [1.29, 1.82) is 5.26 Å². The van der Waals surface area contributed by atoms with Crippen LogP contribution in [0, 0.1) is 11.3 Å². The summed E-state index contributed by atoms with van der Waals surface area (Å²) in [7, 11) is -2.78. The van der Waals surface area contributed by atoms with Gasteiger partial charge in [-0.1, -0.05) is 6.92 Å². The molecule has 1 heterocycles. The monoisotopic (exact) mass is 230 g/mol. The fourth-order valence-corrected chi connectivity index (χ4v) is 3.31. The molecule has 0 aromatic carbocycles. The number of sulfone groups is 1. The van der Waals surface area contributed by atoms with Crippen LogP contribution in [0.15, 0.2) is 0 Å². The minimum absolute atomic E-state index is 0.209. The topological polar surface area (TPSA) is 70.0 Å². The van der Waals surface area contributed by atoms with Crippen LogP contribution in [0.25, 0.3) is 0 Å². The number of hydrogen-bond donors (Lipinski definition) is 1. The highest BCUT2D eigenvalue weighted by molar-refractivity contribution is 7.91. The Morgan fingerprint density at radius 3 is 2.53 bits per heavy atom. The Morgan fingerprint density at radius 1 is 1.47 bits per heavy atom. The molecule has 86 valence electrons. The van der Waals surface area contributed by atoms with Gasteiger partial charge in [0.25, 0.3) is 0 Å². The largest absolute Gasteiger partial charge is 0.310 e. The van der Waals surface area contributed by atoms with E-state index in [2.05, 4.69) is 11.4 Å². The van der Waals surface area contributed by atoms with E-state index in [1.807, 2.05) is 6.92 Å². The highest BCUT2D eigenvalue weighted by atomic mass is 32.2. The van der Waals surface area contributed by atoms with Crippen molar-refractivity contribution in [3.05, 3.63) is 0 Å². The van der Waals surface area contributed by atoms with E-state index in [0.29, 0.717) is 19.3 Å². The van der Waals surface area contributed by atoms with Crippen LogP contribution in [0.3, 0.4) is 0 Å². The van der Waals surface area contributed by atoms with Crippen LogP contribution < -0.4 is 5.32 Å². The van der Waals surface area contributed by atoms with Gasteiger partial charge < -0.3 is 5.32 Å². The summed E-state index contributed by atoms with van der Waals surface area (Å²) < 4.78 is 22.4. The molecule has 0 aliphatic carbocycles. The molecule has 0 amide bonds. The first-order chi connectivity index (χ1) is 7.07. The molecule has 4 nitrogen and oxygen atoms in total. The summed E-state index contributed by atoms with van der Waals surface area (Å²) in [5.41, 5.74) is 0. The molecule has 0 saturated carbocycles. The predicted octanol–water partition coefficient (Wildman–Crippen LogP) is 0.845. The van der Waals surface area contributed by atoms with Crippen LogP contribution in [0.2, 0.25) is 0 Å². The SMILES string of the molecule is CCC(CC#N)NC1CCS(=O)(=O)CC1. The van der Waals surface area contributed by atoms with E-state index >= 15 is 0 Å². The zero-order valence-electron chi connectivity index (χ0n) is 9.07. The maximum Gasteiger partial charge on any atom is 0.150 e. The van der Waals surface area contributed by atoms with Crippen molar-refractivity contribution in [3.63, 3.8) is 0 Å². The van der Waals surface area contributed by atoms with E-state index in [9.17, 15) is 8.42 Å². The van der Waals surface area contributed by atoms with Gasteiger partial charge in [0.2, 0.25) is 0 Å². The maximum absolute atomic E-state index is 11.2. The second kappa shape index (κ2) is 5.47. The van der Waals surface area contributed by atoms with Gasteiger partial charge in [-0.05, 0) is 19.3 Å². The Balaban J connectivity index is 2.38. The summed E-state index contributed by atoms with van der Waals surface area (Å²) in [5, 5.41) is 12.0. The molecule has 0 radical (unpaired) electrons. The predicted molar refractivity (Wildman–Crippen MR) is 59.1 cm³/mol. The molecule has 15 heavy (non-hydrogen) atoms. The van der Waals surface area contributed by atoms with E-state index in [0.717, 1.165) is 6.42 Å². The van der Waals surface area contributed by atoms with Crippen LogP contribution in [0.4, 0.5) is 0 Å². The van der Waals surface area contributed by atoms with Gasteiger partial charge in [-0.2, -0.15) is 5.26 Å². The Morgan fingerprint density at radius 2 is 2.07 bits per heavy atom. The Kier molecular flexibility index (Phi) is 4.55. The lowest BCUT2D eigenvalue weighted by atomic mass is 10.1. The molecule has 0 bridgehead atoms. The van der Waals surface area contributed by atoms with Gasteiger partial charge in [-0.25, -0.2) is 8.42 Å². The van der Waals surface area contributed by atoms with Gasteiger partial charge in [0.1, 0.15) is 9.84 Å². The normalized spacial score (nSPS) is 23.2. The van der Waals surface area contributed by atoms with Gasteiger partial charge >= 0.3 is 0 Å². The summed E-state index contributed by atoms with van der Waals surface area (Å²) in [6.45, 7) is 2.04. The van der Waals surface area contributed by atoms with E-state index in [-0.39, 0.29) is 23.6 Å². The van der Waals surface area contributed by atoms with Crippen molar-refractivity contribution < 1.29 is 8.42 Å². The van der Waals surface area contributed by atoms with Crippen LogP contribution in [-0.2, 0) is 9.84 Å². The molecule has 0 aromatic heterocycles. The number of nitriles is 1. The summed E-state index contributed by atoms with van der Waals surface area (Å²) in [6, 6.07) is 2.62. The second-order valence-corrected chi connectivity index (χ2v) is 6.36. The number of rotatable bonds is 4. The molecule has 5 heteroatoms. The lowest BCUT2D eigenvalue weighted by Gasteiger charge is -2.26. The molecule has 0 spiro atoms. The third-order valence-electron chi connectivity index (χ3n) is 2.86. The zero-order chi connectivity index (χ0) is 11.3. The molecule has 1 rings (SSSR count). The third-order valence-corrected chi connectivity index (χ3v) is 4.57. The average Bonchev–Trinajstić information content (AvgIpc) is 2.20. The molecule has 1 aliphatic rings. The number of nitrogens with one attached hydrogen (secondary N) is 1. The van der Waals surface area contributed by atoms with Crippen LogP contribution >= 0.6 is 0 Å². The van der Waals surface area contributed by atoms with Gasteiger partial charge in [0.15, 0.2) is 0 Å². The van der Waals surface area contributed by atoms with Gasteiger partial charge in [-0.3, -0.25) is 0 Å². The minimum atomic E-state index is -2.78. The first-order valence-corrected chi connectivity index (χ1v) is 7.23. The Labute approximate surface area is 91.6 Å². The molecule has 1 unspecified atom stereocenters. The molecule has 1 atom stereocenters. The van der Waals surface area contributed by atoms with Crippen molar-refractivity contribution >= 4 is 9.84 Å². The van der Waals surface area contributed by atoms with Crippen molar-refractivity contribution in [2.75, 3.05) is 11.5 Å². The van der Waals surface area contributed by atoms with Crippen molar-refractivity contribution in [2.45, 2.75) is 44.7 Å². The summed E-state index contributed by atoms with van der Waals surface area (Å²) >= 11 is 0.